The number of sulfonamides is 1. The van der Waals surface area contributed by atoms with Crippen LogP contribution in [0.3, 0.4) is 0 Å². The smallest absolute Gasteiger partial charge is 0.266 e. The lowest BCUT2D eigenvalue weighted by atomic mass is 10.1. The fraction of sp³-hybridized carbons (Fsp3) is 0.150. The van der Waals surface area contributed by atoms with Crippen LogP contribution >= 0.6 is 0 Å². The highest BCUT2D eigenvalue weighted by Gasteiger charge is 2.09. The maximum atomic E-state index is 13.1. The number of nitrogens with one attached hydrogen (secondary N) is 1. The Morgan fingerprint density at radius 2 is 1.70 bits per heavy atom. The van der Waals surface area contributed by atoms with Crippen LogP contribution in [0.15, 0.2) is 70.4 Å². The van der Waals surface area contributed by atoms with Crippen molar-refractivity contribution in [1.82, 2.24) is 9.78 Å². The second-order valence-electron chi connectivity index (χ2n) is 6.51. The van der Waals surface area contributed by atoms with Gasteiger partial charge in [-0.05, 0) is 61.0 Å². The van der Waals surface area contributed by atoms with Gasteiger partial charge in [0.1, 0.15) is 5.82 Å². The molecule has 8 nitrogen and oxygen atoms in total. The summed E-state index contributed by atoms with van der Waals surface area (Å²) in [7, 11) is -3.79. The van der Waals surface area contributed by atoms with Crippen LogP contribution < -0.4 is 16.0 Å². The van der Waals surface area contributed by atoms with E-state index in [1.807, 2.05) is 0 Å². The second kappa shape index (κ2) is 8.97. The van der Waals surface area contributed by atoms with E-state index in [9.17, 15) is 22.4 Å². The Kier molecular flexibility index (Phi) is 6.38. The van der Waals surface area contributed by atoms with E-state index >= 15 is 0 Å². The van der Waals surface area contributed by atoms with E-state index in [0.29, 0.717) is 23.4 Å². The number of hydrogen-bond acceptors (Lipinski definition) is 5. The van der Waals surface area contributed by atoms with Crippen molar-refractivity contribution in [2.45, 2.75) is 24.3 Å². The van der Waals surface area contributed by atoms with Gasteiger partial charge in [-0.2, -0.15) is 5.10 Å². The number of rotatable bonds is 7. The van der Waals surface area contributed by atoms with Crippen LogP contribution in [0.2, 0.25) is 0 Å². The summed E-state index contributed by atoms with van der Waals surface area (Å²) >= 11 is 0. The third-order valence-electron chi connectivity index (χ3n) is 4.25. The third-order valence-corrected chi connectivity index (χ3v) is 5.18. The first kappa shape index (κ1) is 21.3. The molecule has 30 heavy (non-hydrogen) atoms. The molecule has 0 unspecified atom stereocenters. The molecule has 0 aliphatic carbocycles. The van der Waals surface area contributed by atoms with E-state index in [4.69, 9.17) is 5.14 Å². The number of aromatic nitrogens is 2. The van der Waals surface area contributed by atoms with Gasteiger partial charge in [0.15, 0.2) is 0 Å². The molecule has 0 saturated heterocycles. The monoisotopic (exact) mass is 430 g/mol. The number of primary sulfonamides is 1. The Morgan fingerprint density at radius 3 is 2.33 bits per heavy atom. The van der Waals surface area contributed by atoms with E-state index in [1.165, 1.54) is 47.1 Å². The average Bonchev–Trinajstić information content (AvgIpc) is 2.70. The number of aryl methyl sites for hydroxylation is 1. The molecule has 0 aliphatic rings. The average molecular weight is 430 g/mol. The summed E-state index contributed by atoms with van der Waals surface area (Å²) in [4.78, 5) is 24.1. The molecular weight excluding hydrogens is 411 g/mol. The third kappa shape index (κ3) is 5.58. The highest BCUT2D eigenvalue weighted by Crippen LogP contribution is 2.16. The summed E-state index contributed by atoms with van der Waals surface area (Å²) in [5.74, 6) is -0.654. The topological polar surface area (TPSA) is 124 Å². The van der Waals surface area contributed by atoms with E-state index in [-0.39, 0.29) is 35.1 Å². The Balaban J connectivity index is 1.58. The van der Waals surface area contributed by atoms with Crippen molar-refractivity contribution >= 4 is 21.6 Å². The minimum Gasteiger partial charge on any atom is -0.326 e. The second-order valence-corrected chi connectivity index (χ2v) is 8.07. The summed E-state index contributed by atoms with van der Waals surface area (Å²) in [5.41, 5.74) is 1.32. The normalized spacial score (nSPS) is 11.3. The Bertz CT molecular complexity index is 1210. The predicted molar refractivity (Wildman–Crippen MR) is 110 cm³/mol. The van der Waals surface area contributed by atoms with Crippen LogP contribution in [0.5, 0.6) is 0 Å². The lowest BCUT2D eigenvalue weighted by molar-refractivity contribution is -0.116. The molecular formula is C20H19FN4O4S. The number of nitrogens with zero attached hydrogens (tertiary/aromatic N) is 2. The first-order chi connectivity index (χ1) is 14.2. The number of carbonyl (C=O) groups is 1. The van der Waals surface area contributed by atoms with Crippen molar-refractivity contribution in [3.63, 3.8) is 0 Å². The fourth-order valence-electron chi connectivity index (χ4n) is 2.72. The maximum Gasteiger partial charge on any atom is 0.266 e. The first-order valence-electron chi connectivity index (χ1n) is 8.99. The Morgan fingerprint density at radius 1 is 1.03 bits per heavy atom. The minimum atomic E-state index is -3.79. The molecule has 3 rings (SSSR count). The zero-order valence-electron chi connectivity index (χ0n) is 15.8. The highest BCUT2D eigenvalue weighted by atomic mass is 32.2. The van der Waals surface area contributed by atoms with Gasteiger partial charge in [-0.3, -0.25) is 9.59 Å². The van der Waals surface area contributed by atoms with Crippen molar-refractivity contribution in [3.8, 4) is 11.3 Å². The summed E-state index contributed by atoms with van der Waals surface area (Å²) in [6, 6.07) is 14.2. The van der Waals surface area contributed by atoms with E-state index in [1.54, 1.807) is 18.2 Å². The molecule has 1 amide bonds. The van der Waals surface area contributed by atoms with Gasteiger partial charge in [0.05, 0.1) is 10.6 Å². The number of hydrogen-bond donors (Lipinski definition) is 2. The first-order valence-corrected chi connectivity index (χ1v) is 10.5. The molecule has 3 N–H and O–H groups in total. The van der Waals surface area contributed by atoms with Crippen LogP contribution in [0.25, 0.3) is 11.3 Å². The zero-order valence-corrected chi connectivity index (χ0v) is 16.6. The number of benzene rings is 2. The summed E-state index contributed by atoms with van der Waals surface area (Å²) < 4.78 is 36.8. The number of halogens is 1. The largest absolute Gasteiger partial charge is 0.326 e. The van der Waals surface area contributed by atoms with Crippen LogP contribution in [0.4, 0.5) is 10.1 Å². The molecule has 10 heteroatoms. The van der Waals surface area contributed by atoms with Gasteiger partial charge in [0, 0.05) is 30.3 Å². The molecule has 1 aromatic heterocycles. The maximum absolute atomic E-state index is 13.1. The SMILES string of the molecule is NS(=O)(=O)c1ccc(NC(=O)CCCn2nc(-c3ccc(F)cc3)ccc2=O)cc1. The molecule has 3 aromatic rings. The molecule has 1 heterocycles. The van der Waals surface area contributed by atoms with Crippen LogP contribution in [-0.4, -0.2) is 24.1 Å². The van der Waals surface area contributed by atoms with Gasteiger partial charge in [-0.15, -0.1) is 0 Å². The van der Waals surface area contributed by atoms with Gasteiger partial charge in [0.2, 0.25) is 15.9 Å². The highest BCUT2D eigenvalue weighted by molar-refractivity contribution is 7.89. The van der Waals surface area contributed by atoms with Gasteiger partial charge < -0.3 is 5.32 Å². The number of nitrogens with two attached hydrogens (primary N) is 1. The quantitative estimate of drug-likeness (QED) is 0.594. The number of anilines is 1. The standard InChI is InChI=1S/C20H19FN4O4S/c21-15-5-3-14(4-6-15)18-11-12-20(27)25(24-18)13-1-2-19(26)23-16-7-9-17(10-8-16)30(22,28)29/h3-12H,1-2,13H2,(H,23,26)(H2,22,28,29). The van der Waals surface area contributed by atoms with Crippen molar-refractivity contribution in [2.75, 3.05) is 5.32 Å². The number of amides is 1. The fourth-order valence-corrected chi connectivity index (χ4v) is 3.24. The molecule has 0 radical (unpaired) electrons. The Labute approximate surface area is 172 Å². The lowest BCUT2D eigenvalue weighted by Crippen LogP contribution is -2.23. The molecule has 0 saturated carbocycles. The molecule has 0 spiro atoms. The lowest BCUT2D eigenvalue weighted by Gasteiger charge is -2.08. The van der Waals surface area contributed by atoms with Gasteiger partial charge in [-0.1, -0.05) is 0 Å². The molecule has 0 bridgehead atoms. The molecule has 0 atom stereocenters. The minimum absolute atomic E-state index is 0.0491. The van der Waals surface area contributed by atoms with E-state index < -0.39 is 10.0 Å². The van der Waals surface area contributed by atoms with Crippen molar-refractivity contribution < 1.29 is 17.6 Å². The van der Waals surface area contributed by atoms with Crippen LogP contribution in [0, 0.1) is 5.82 Å². The molecule has 2 aromatic carbocycles. The Hall–Kier alpha value is -3.37. The van der Waals surface area contributed by atoms with Gasteiger partial charge >= 0.3 is 0 Å². The molecule has 156 valence electrons. The van der Waals surface area contributed by atoms with Crippen molar-refractivity contribution in [3.05, 3.63) is 76.8 Å². The van der Waals surface area contributed by atoms with Gasteiger partial charge in [0.25, 0.3) is 5.56 Å². The number of carbonyl (C=O) groups excluding carboxylic acids is 1. The summed E-state index contributed by atoms with van der Waals surface area (Å²) in [6.45, 7) is 0.228. The van der Waals surface area contributed by atoms with Gasteiger partial charge in [-0.25, -0.2) is 22.6 Å². The van der Waals surface area contributed by atoms with Crippen molar-refractivity contribution in [1.29, 1.82) is 0 Å². The van der Waals surface area contributed by atoms with Crippen LogP contribution in [0.1, 0.15) is 12.8 Å². The summed E-state index contributed by atoms with van der Waals surface area (Å²) in [5, 5.41) is 11.9. The zero-order chi connectivity index (χ0) is 21.7. The predicted octanol–water partition coefficient (Wildman–Crippen LogP) is 2.12. The van der Waals surface area contributed by atoms with E-state index in [2.05, 4.69) is 10.4 Å². The molecule has 0 aliphatic heterocycles. The van der Waals surface area contributed by atoms with E-state index in [0.717, 1.165) is 0 Å². The van der Waals surface area contributed by atoms with Crippen molar-refractivity contribution in [2.24, 2.45) is 5.14 Å². The summed E-state index contributed by atoms with van der Waals surface area (Å²) in [6.07, 6.45) is 0.493. The van der Waals surface area contributed by atoms with Crippen LogP contribution in [-0.2, 0) is 21.4 Å². The molecule has 0 fully saturated rings.